The van der Waals surface area contributed by atoms with Gasteiger partial charge in [0.1, 0.15) is 28.9 Å². The molecule has 0 aliphatic carbocycles. The molecular weight excluding hydrogens is 521 g/mol. The number of nitrogens with zero attached hydrogens (tertiary/aromatic N) is 4. The van der Waals surface area contributed by atoms with Crippen LogP contribution in [0.4, 0.5) is 27.8 Å². The summed E-state index contributed by atoms with van der Waals surface area (Å²) in [5.74, 6) is -1.63. The van der Waals surface area contributed by atoms with Gasteiger partial charge in [-0.1, -0.05) is 6.07 Å². The minimum atomic E-state index is -4.53. The van der Waals surface area contributed by atoms with Crippen LogP contribution in [0.1, 0.15) is 53.9 Å². The van der Waals surface area contributed by atoms with Gasteiger partial charge in [-0.05, 0) is 51.0 Å². The highest BCUT2D eigenvalue weighted by atomic mass is 19.4. The molecule has 1 unspecified atom stereocenters. The van der Waals surface area contributed by atoms with Gasteiger partial charge in [-0.2, -0.15) is 13.2 Å². The molecular formula is C27H28F5N5O2. The smallest absolute Gasteiger partial charge is 0.383 e. The van der Waals surface area contributed by atoms with Crippen molar-refractivity contribution in [2.24, 2.45) is 0 Å². The van der Waals surface area contributed by atoms with Gasteiger partial charge in [0.15, 0.2) is 0 Å². The third kappa shape index (κ3) is 6.67. The van der Waals surface area contributed by atoms with Crippen LogP contribution in [0.2, 0.25) is 0 Å². The highest BCUT2D eigenvalue weighted by molar-refractivity contribution is 5.79. The standard InChI is InChI=1S/C27H28F5N5O2/c1-16-34-14-20(26(2,39)15-35-23-12-18(6-9-33-23)27(30,31)32)25(36-16)17-7-10-37(11-8-17)24(38)13-19-21(28)4-3-5-22(19)29/h3-6,9,12,14,17,39H,7-8,10-11,13,15H2,1-2H3,(H,33,35). The van der Waals surface area contributed by atoms with E-state index in [1.54, 1.807) is 11.8 Å². The number of rotatable bonds is 7. The molecule has 1 atom stereocenters. The topological polar surface area (TPSA) is 91.2 Å². The first-order chi connectivity index (χ1) is 18.3. The van der Waals surface area contributed by atoms with Gasteiger partial charge in [-0.15, -0.1) is 0 Å². The minimum absolute atomic E-state index is 0.0437. The maximum Gasteiger partial charge on any atom is 0.416 e. The number of anilines is 1. The van der Waals surface area contributed by atoms with Crippen molar-refractivity contribution in [3.05, 3.63) is 82.6 Å². The van der Waals surface area contributed by atoms with Crippen LogP contribution in [0.3, 0.4) is 0 Å². The fraction of sp³-hybridized carbons (Fsp3) is 0.407. The lowest BCUT2D eigenvalue weighted by Crippen LogP contribution is -2.40. The Morgan fingerprint density at radius 1 is 1.13 bits per heavy atom. The maximum atomic E-state index is 14.0. The van der Waals surface area contributed by atoms with Crippen molar-refractivity contribution in [2.45, 2.75) is 50.8 Å². The summed E-state index contributed by atoms with van der Waals surface area (Å²) in [5, 5.41) is 14.1. The second-order valence-electron chi connectivity index (χ2n) is 9.80. The Bertz CT molecular complexity index is 1320. The Morgan fingerprint density at radius 2 is 1.79 bits per heavy atom. The number of aryl methyl sites for hydroxylation is 1. The molecule has 2 aromatic heterocycles. The zero-order chi connectivity index (χ0) is 28.4. The zero-order valence-electron chi connectivity index (χ0n) is 21.4. The predicted molar refractivity (Wildman–Crippen MR) is 133 cm³/mol. The summed E-state index contributed by atoms with van der Waals surface area (Å²) in [6, 6.07) is 5.19. The third-order valence-electron chi connectivity index (χ3n) is 6.84. The van der Waals surface area contributed by atoms with E-state index in [0.717, 1.165) is 30.5 Å². The van der Waals surface area contributed by atoms with Gasteiger partial charge in [-0.3, -0.25) is 4.79 Å². The fourth-order valence-electron chi connectivity index (χ4n) is 4.64. The number of nitrogens with one attached hydrogen (secondary N) is 1. The summed E-state index contributed by atoms with van der Waals surface area (Å²) < 4.78 is 67.1. The molecule has 0 bridgehead atoms. The summed E-state index contributed by atoms with van der Waals surface area (Å²) in [7, 11) is 0. The number of pyridine rings is 1. The molecule has 1 amide bonds. The highest BCUT2D eigenvalue weighted by Gasteiger charge is 2.34. The summed E-state index contributed by atoms with van der Waals surface area (Å²) in [5.41, 5.74) is -1.70. The molecule has 7 nitrogen and oxygen atoms in total. The molecule has 1 fully saturated rings. The SMILES string of the molecule is Cc1ncc(C(C)(O)CNc2cc(C(F)(F)F)ccn2)c(C2CCN(C(=O)Cc3c(F)cccc3F)CC2)n1. The summed E-state index contributed by atoms with van der Waals surface area (Å²) >= 11 is 0. The van der Waals surface area contributed by atoms with Crippen LogP contribution in [0.25, 0.3) is 0 Å². The first-order valence-electron chi connectivity index (χ1n) is 12.4. The molecule has 2 N–H and O–H groups in total. The number of carbonyl (C=O) groups is 1. The number of hydrogen-bond acceptors (Lipinski definition) is 6. The maximum absolute atomic E-state index is 14.0. The first-order valence-corrected chi connectivity index (χ1v) is 12.4. The Labute approximate surface area is 222 Å². The molecule has 3 aromatic rings. The first kappa shape index (κ1) is 28.3. The van der Waals surface area contributed by atoms with E-state index in [9.17, 15) is 31.9 Å². The average Bonchev–Trinajstić information content (AvgIpc) is 2.89. The fourth-order valence-corrected chi connectivity index (χ4v) is 4.64. The number of halogens is 5. The molecule has 208 valence electrons. The molecule has 39 heavy (non-hydrogen) atoms. The van der Waals surface area contributed by atoms with Crippen LogP contribution < -0.4 is 5.32 Å². The summed E-state index contributed by atoms with van der Waals surface area (Å²) in [4.78, 5) is 27.0. The lowest BCUT2D eigenvalue weighted by atomic mass is 9.85. The van der Waals surface area contributed by atoms with E-state index in [4.69, 9.17) is 0 Å². The van der Waals surface area contributed by atoms with Crippen molar-refractivity contribution < 1.29 is 31.9 Å². The van der Waals surface area contributed by atoms with Crippen LogP contribution in [0.5, 0.6) is 0 Å². The van der Waals surface area contributed by atoms with Crippen molar-refractivity contribution in [1.29, 1.82) is 0 Å². The number of aromatic nitrogens is 3. The molecule has 4 rings (SSSR count). The quantitative estimate of drug-likeness (QED) is 0.414. The van der Waals surface area contributed by atoms with Crippen molar-refractivity contribution >= 4 is 11.7 Å². The Morgan fingerprint density at radius 3 is 2.44 bits per heavy atom. The van der Waals surface area contributed by atoms with Crippen LogP contribution >= 0.6 is 0 Å². The number of hydrogen-bond donors (Lipinski definition) is 2. The van der Waals surface area contributed by atoms with E-state index in [-0.39, 0.29) is 36.2 Å². The van der Waals surface area contributed by atoms with E-state index < -0.39 is 29.0 Å². The monoisotopic (exact) mass is 549 g/mol. The van der Waals surface area contributed by atoms with E-state index in [1.165, 1.54) is 19.2 Å². The number of piperidine rings is 1. The predicted octanol–water partition coefficient (Wildman–Crippen LogP) is 4.75. The van der Waals surface area contributed by atoms with Gasteiger partial charge in [0.2, 0.25) is 5.91 Å². The summed E-state index contributed by atoms with van der Waals surface area (Å²) in [6.45, 7) is 3.71. The van der Waals surface area contributed by atoms with Gasteiger partial charge in [0.05, 0.1) is 17.7 Å². The second kappa shape index (κ2) is 11.2. The largest absolute Gasteiger partial charge is 0.416 e. The van der Waals surface area contributed by atoms with Gasteiger partial charge in [-0.25, -0.2) is 23.7 Å². The van der Waals surface area contributed by atoms with E-state index in [0.29, 0.717) is 43.0 Å². The number of carbonyl (C=O) groups excluding carboxylic acids is 1. The van der Waals surface area contributed by atoms with Gasteiger partial charge in [0, 0.05) is 49.1 Å². The number of amides is 1. The third-order valence-corrected chi connectivity index (χ3v) is 6.84. The highest BCUT2D eigenvalue weighted by Crippen LogP contribution is 2.35. The van der Waals surface area contributed by atoms with E-state index in [2.05, 4.69) is 20.3 Å². The van der Waals surface area contributed by atoms with Gasteiger partial charge in [0.25, 0.3) is 0 Å². The normalized spacial score (nSPS) is 16.2. The number of alkyl halides is 3. The Balaban J connectivity index is 1.45. The molecule has 0 radical (unpaired) electrons. The van der Waals surface area contributed by atoms with Crippen LogP contribution in [-0.4, -0.2) is 50.5 Å². The molecule has 3 heterocycles. The van der Waals surface area contributed by atoms with Gasteiger partial charge >= 0.3 is 6.18 Å². The number of likely N-dealkylation sites (tertiary alicyclic amines) is 1. The van der Waals surface area contributed by atoms with Crippen LogP contribution in [0.15, 0.2) is 42.7 Å². The molecule has 0 spiro atoms. The van der Waals surface area contributed by atoms with E-state index in [1.807, 2.05) is 0 Å². The second-order valence-corrected chi connectivity index (χ2v) is 9.80. The van der Waals surface area contributed by atoms with Crippen molar-refractivity contribution in [3.63, 3.8) is 0 Å². The number of benzene rings is 1. The lowest BCUT2D eigenvalue weighted by Gasteiger charge is -2.34. The van der Waals surface area contributed by atoms with Gasteiger partial charge < -0.3 is 15.3 Å². The molecule has 1 aliphatic rings. The minimum Gasteiger partial charge on any atom is -0.383 e. The molecule has 1 aliphatic heterocycles. The number of aliphatic hydroxyl groups is 1. The average molecular weight is 550 g/mol. The van der Waals surface area contributed by atoms with Crippen LogP contribution in [0, 0.1) is 18.6 Å². The lowest BCUT2D eigenvalue weighted by molar-refractivity contribution is -0.137. The van der Waals surface area contributed by atoms with Crippen molar-refractivity contribution in [2.75, 3.05) is 25.0 Å². The summed E-state index contributed by atoms with van der Waals surface area (Å²) in [6.07, 6.45) is -1.39. The molecule has 0 saturated carbocycles. The molecule has 1 aromatic carbocycles. The van der Waals surface area contributed by atoms with Crippen molar-refractivity contribution in [3.8, 4) is 0 Å². The zero-order valence-corrected chi connectivity index (χ0v) is 21.4. The molecule has 1 saturated heterocycles. The Hall–Kier alpha value is -3.67. The van der Waals surface area contributed by atoms with E-state index >= 15 is 0 Å². The molecule has 12 heteroatoms. The van der Waals surface area contributed by atoms with Crippen LogP contribution in [-0.2, 0) is 23.0 Å². The Kier molecular flexibility index (Phi) is 8.15. The van der Waals surface area contributed by atoms with Crippen molar-refractivity contribution in [1.82, 2.24) is 19.9 Å².